The maximum Gasteiger partial charge on any atom is 0.331 e. The van der Waals surface area contributed by atoms with E-state index in [1.54, 1.807) is 0 Å². The number of allylic oxidation sites excluding steroid dienone is 4. The van der Waals surface area contributed by atoms with Gasteiger partial charge in [-0.05, 0) is 134 Å². The highest BCUT2D eigenvalue weighted by atomic mass is 16.5. The quantitative estimate of drug-likeness (QED) is 0.166. The van der Waals surface area contributed by atoms with Crippen LogP contribution in [-0.4, -0.2) is 76.9 Å². The summed E-state index contributed by atoms with van der Waals surface area (Å²) in [7, 11) is 2.66. The van der Waals surface area contributed by atoms with Crippen molar-refractivity contribution in [3.8, 4) is 0 Å². The third-order valence-electron chi connectivity index (χ3n) is 11.5. The van der Waals surface area contributed by atoms with Crippen LogP contribution in [0.5, 0.6) is 0 Å². The lowest BCUT2D eigenvalue weighted by Crippen LogP contribution is -2.48. The molecule has 4 aliphatic heterocycles. The molecule has 2 atom stereocenters. The first-order chi connectivity index (χ1) is 28.4. The monoisotopic (exact) mass is 801 g/mol. The zero-order valence-electron chi connectivity index (χ0n) is 35.0. The highest BCUT2D eigenvalue weighted by Gasteiger charge is 2.41. The number of rotatable bonds is 12. The number of hydrogen-bond donors (Lipinski definition) is 1. The molecule has 0 aromatic carbocycles. The van der Waals surface area contributed by atoms with Crippen molar-refractivity contribution < 1.29 is 38.1 Å². The Morgan fingerprint density at radius 3 is 1.98 bits per heavy atom. The molecule has 13 nitrogen and oxygen atoms in total. The number of carbonyl (C=O) groups excluding carboxylic acids is 4. The second kappa shape index (κ2) is 16.9. The highest BCUT2D eigenvalue weighted by molar-refractivity contribution is 6.24. The molecule has 59 heavy (non-hydrogen) atoms. The van der Waals surface area contributed by atoms with Crippen LogP contribution in [0.4, 0.5) is 0 Å². The van der Waals surface area contributed by atoms with Crippen LogP contribution < -0.4 is 21.4 Å². The number of methoxy groups -OCH3 is 2. The number of esters is 4. The molecule has 1 N–H and O–H groups in total. The van der Waals surface area contributed by atoms with Crippen molar-refractivity contribution in [3.05, 3.63) is 102 Å². The average Bonchev–Trinajstić information content (AvgIpc) is 4.02. The number of aliphatic imine (C=N–C) groups is 2. The summed E-state index contributed by atoms with van der Waals surface area (Å²) in [4.78, 5) is 66.6. The lowest BCUT2D eigenvalue weighted by Gasteiger charge is -2.28. The van der Waals surface area contributed by atoms with Crippen molar-refractivity contribution in [3.63, 3.8) is 0 Å². The van der Waals surface area contributed by atoms with Gasteiger partial charge < -0.3 is 33.1 Å². The average molecular weight is 802 g/mol. The first-order valence-electron chi connectivity index (χ1n) is 20.2. The molecule has 3 aromatic rings. The number of nitrogens with one attached hydrogen (secondary N) is 1. The van der Waals surface area contributed by atoms with Gasteiger partial charge in [-0.15, -0.1) is 0 Å². The summed E-state index contributed by atoms with van der Waals surface area (Å²) in [6.45, 7) is 11.6. The predicted molar refractivity (Wildman–Crippen MR) is 224 cm³/mol. The Hall–Kier alpha value is -6.24. The number of H-pyrrole nitrogens is 1. The molecule has 0 amide bonds. The molecule has 2 unspecified atom stereocenters. The van der Waals surface area contributed by atoms with Gasteiger partial charge in [0.05, 0.1) is 55.6 Å². The van der Waals surface area contributed by atoms with Crippen molar-refractivity contribution in [2.45, 2.75) is 92.2 Å². The predicted octanol–water partition coefficient (Wildman–Crippen LogP) is 3.56. The first-order valence-corrected chi connectivity index (χ1v) is 20.2. The molecule has 308 valence electrons. The Morgan fingerprint density at radius 1 is 0.729 bits per heavy atom. The summed E-state index contributed by atoms with van der Waals surface area (Å²) in [6.07, 6.45) is 15.4. The molecule has 4 aliphatic rings. The van der Waals surface area contributed by atoms with Gasteiger partial charge in [-0.25, -0.2) is 19.6 Å². The molecule has 3 aromatic heterocycles. The van der Waals surface area contributed by atoms with Gasteiger partial charge in [0, 0.05) is 41.3 Å². The van der Waals surface area contributed by atoms with Gasteiger partial charge in [0.1, 0.15) is 0 Å². The summed E-state index contributed by atoms with van der Waals surface area (Å²) in [5.74, 6) is -1.94. The molecule has 0 radical (unpaired) electrons. The van der Waals surface area contributed by atoms with Crippen molar-refractivity contribution in [1.82, 2.24) is 14.1 Å². The SMILES string of the molecule is CCc1c(CC)c2n3c1=CC1=NC(=CC4=NC(=c5ccc(n5C(C(=O)OC)C3C(=O)OC)=Cc3[nH]c(c(CCCOC(C)=O)c3C)C=2)C=C4)C(C)=C1CCCOC(C)=O. The lowest BCUT2D eigenvalue weighted by atomic mass is 9.99. The zero-order valence-corrected chi connectivity index (χ0v) is 35.0. The van der Waals surface area contributed by atoms with E-state index in [1.165, 1.54) is 28.1 Å². The third kappa shape index (κ3) is 7.61. The summed E-state index contributed by atoms with van der Waals surface area (Å²) in [5.41, 5.74) is 10.4. The molecule has 13 heteroatoms. The molecule has 7 rings (SSSR count). The van der Waals surface area contributed by atoms with Crippen molar-refractivity contribution in [1.29, 1.82) is 0 Å². The van der Waals surface area contributed by atoms with Crippen molar-refractivity contribution in [2.75, 3.05) is 27.4 Å². The fraction of sp³-hybridized carbons (Fsp3) is 0.391. The van der Waals surface area contributed by atoms with Crippen LogP contribution in [0.25, 0.3) is 23.9 Å². The van der Waals surface area contributed by atoms with E-state index in [2.05, 4.69) is 31.8 Å². The van der Waals surface area contributed by atoms with E-state index >= 15 is 0 Å². The second-order valence-corrected chi connectivity index (χ2v) is 15.0. The van der Waals surface area contributed by atoms with Gasteiger partial charge in [0.2, 0.25) is 0 Å². The first kappa shape index (κ1) is 40.9. The molecule has 0 fully saturated rings. The van der Waals surface area contributed by atoms with Gasteiger partial charge in [-0.2, -0.15) is 0 Å². The molecule has 0 saturated heterocycles. The van der Waals surface area contributed by atoms with Crippen LogP contribution in [0, 0.1) is 6.92 Å². The maximum absolute atomic E-state index is 14.8. The van der Waals surface area contributed by atoms with Crippen LogP contribution in [-0.2, 0) is 57.4 Å². The number of aromatic amines is 1. The summed E-state index contributed by atoms with van der Waals surface area (Å²) < 4.78 is 25.7. The number of nitrogens with zero attached hydrogens (tertiary/aromatic N) is 4. The summed E-state index contributed by atoms with van der Waals surface area (Å²) in [5, 5.41) is 2.70. The smallest absolute Gasteiger partial charge is 0.331 e. The number of ether oxygens (including phenoxy) is 4. The highest BCUT2D eigenvalue weighted by Crippen LogP contribution is 2.32. The van der Waals surface area contributed by atoms with E-state index in [0.717, 1.165) is 55.8 Å². The Kier molecular flexibility index (Phi) is 11.7. The van der Waals surface area contributed by atoms with Gasteiger partial charge >= 0.3 is 23.9 Å². The normalized spacial score (nSPS) is 17.5. The van der Waals surface area contributed by atoms with Crippen molar-refractivity contribution >= 4 is 59.2 Å². The van der Waals surface area contributed by atoms with Crippen LogP contribution >= 0.6 is 0 Å². The van der Waals surface area contributed by atoms with E-state index in [9.17, 15) is 19.2 Å². The fourth-order valence-electron chi connectivity index (χ4n) is 8.78. The topological polar surface area (TPSA) is 156 Å². The molecular formula is C46H51N5O8. The Balaban J connectivity index is 1.68. The zero-order chi connectivity index (χ0) is 42.1. The minimum Gasteiger partial charge on any atom is -0.467 e. The minimum atomic E-state index is -1.26. The van der Waals surface area contributed by atoms with Crippen molar-refractivity contribution in [2.24, 2.45) is 9.98 Å². The Bertz CT molecular complexity index is 2690. The van der Waals surface area contributed by atoms with Gasteiger partial charge in [-0.1, -0.05) is 13.8 Å². The number of fused-ring (bicyclic) bond motifs is 5. The molecule has 0 saturated carbocycles. The fourth-order valence-corrected chi connectivity index (χ4v) is 8.78. The minimum absolute atomic E-state index is 0.256. The maximum atomic E-state index is 14.8. The number of hydrogen-bond acceptors (Lipinski definition) is 10. The molecule has 0 spiro atoms. The van der Waals surface area contributed by atoms with E-state index in [4.69, 9.17) is 28.9 Å². The summed E-state index contributed by atoms with van der Waals surface area (Å²) in [6, 6.07) is 1.32. The van der Waals surface area contributed by atoms with Crippen LogP contribution in [0.1, 0.15) is 99.6 Å². The standard InChI is InChI=1S/C46H51N5O8/c1-9-31-32(10-2)42-24-39-34(14-12-20-59-28(6)53)26(4)37(49-39)22-30-16-18-40-35-17-15-29(47-35)21-36-25(3)33(13-11-19-58-27(5)52)38(48-36)23-41(31)51(42)44(46(55)57-8)43(50(30)40)45(54)56-7/h15-18,21-24,43-44,49H,9-14,19-20H2,1-8H3. The van der Waals surface area contributed by atoms with Crippen LogP contribution in [0.3, 0.4) is 0 Å². The van der Waals surface area contributed by atoms with E-state index in [-0.39, 0.29) is 25.2 Å². The largest absolute Gasteiger partial charge is 0.467 e. The lowest BCUT2D eigenvalue weighted by molar-refractivity contribution is -0.155. The molecule has 8 bridgehead atoms. The van der Waals surface area contributed by atoms with Crippen LogP contribution in [0.15, 0.2) is 57.2 Å². The van der Waals surface area contributed by atoms with Crippen LogP contribution in [0.2, 0.25) is 0 Å². The Labute approximate surface area is 342 Å². The van der Waals surface area contributed by atoms with Gasteiger partial charge in [0.15, 0.2) is 12.1 Å². The molecule has 7 heterocycles. The third-order valence-corrected chi connectivity index (χ3v) is 11.5. The molecular weight excluding hydrogens is 751 g/mol. The number of carbonyl (C=O) groups is 4. The molecule has 0 aliphatic carbocycles. The van der Waals surface area contributed by atoms with Gasteiger partial charge in [0.25, 0.3) is 0 Å². The van der Waals surface area contributed by atoms with E-state index in [0.29, 0.717) is 71.7 Å². The van der Waals surface area contributed by atoms with E-state index < -0.39 is 24.0 Å². The number of aromatic nitrogens is 3. The Morgan fingerprint density at radius 2 is 1.36 bits per heavy atom. The second-order valence-electron chi connectivity index (χ2n) is 15.0. The van der Waals surface area contributed by atoms with Gasteiger partial charge in [-0.3, -0.25) is 9.59 Å². The van der Waals surface area contributed by atoms with E-state index in [1.807, 2.05) is 58.6 Å². The summed E-state index contributed by atoms with van der Waals surface area (Å²) >= 11 is 0.